The van der Waals surface area contributed by atoms with Gasteiger partial charge in [0.05, 0.1) is 4.92 Å². The lowest BCUT2D eigenvalue weighted by atomic mass is 10.0. The second-order valence-electron chi connectivity index (χ2n) is 3.66. The van der Waals surface area contributed by atoms with Gasteiger partial charge in [-0.1, -0.05) is 24.3 Å². The van der Waals surface area contributed by atoms with Gasteiger partial charge in [0.25, 0.3) is 10.9 Å². The van der Waals surface area contributed by atoms with E-state index < -0.39 is 10.2 Å². The number of non-ortho nitro benzene ring substituents is 1. The van der Waals surface area contributed by atoms with Crippen LogP contribution < -0.4 is 0 Å². The molecule has 0 aliphatic heterocycles. The molecule has 5 heteroatoms. The molecule has 4 nitrogen and oxygen atoms in total. The topological polar surface area (TPSA) is 60.2 Å². The Morgan fingerprint density at radius 3 is 2.28 bits per heavy atom. The standard InChI is InChI=1S/C13H8ClNO3/c14-13(16)10-6-4-9(5-7-10)11-2-1-3-12(8-11)15(17)18/h1-8H. The summed E-state index contributed by atoms with van der Waals surface area (Å²) in [4.78, 5) is 21.1. The molecule has 2 rings (SSSR count). The molecule has 0 aliphatic carbocycles. The first-order chi connectivity index (χ1) is 8.58. The van der Waals surface area contributed by atoms with Crippen LogP contribution in [-0.2, 0) is 0 Å². The van der Waals surface area contributed by atoms with Crippen LogP contribution in [0.4, 0.5) is 5.69 Å². The van der Waals surface area contributed by atoms with Crippen LogP contribution in [0.25, 0.3) is 11.1 Å². The van der Waals surface area contributed by atoms with Crippen molar-refractivity contribution < 1.29 is 9.72 Å². The van der Waals surface area contributed by atoms with Crippen LogP contribution in [0.1, 0.15) is 10.4 Å². The van der Waals surface area contributed by atoms with E-state index in [0.717, 1.165) is 11.1 Å². The van der Waals surface area contributed by atoms with Crippen molar-refractivity contribution in [1.29, 1.82) is 0 Å². The Kier molecular flexibility index (Phi) is 3.39. The molecule has 0 heterocycles. The third-order valence-corrected chi connectivity index (χ3v) is 2.72. The maximum absolute atomic E-state index is 10.9. The lowest BCUT2D eigenvalue weighted by Crippen LogP contribution is -1.89. The van der Waals surface area contributed by atoms with E-state index in [1.807, 2.05) is 0 Å². The summed E-state index contributed by atoms with van der Waals surface area (Å²) < 4.78 is 0. The smallest absolute Gasteiger partial charge is 0.270 e. The van der Waals surface area contributed by atoms with E-state index in [-0.39, 0.29) is 5.69 Å². The van der Waals surface area contributed by atoms with Crippen molar-refractivity contribution in [2.75, 3.05) is 0 Å². The molecule has 2 aromatic carbocycles. The SMILES string of the molecule is O=C(Cl)c1ccc(-c2cccc([N+](=O)[O-])c2)cc1. The van der Waals surface area contributed by atoms with Crippen molar-refractivity contribution >= 4 is 22.5 Å². The number of nitro groups is 1. The summed E-state index contributed by atoms with van der Waals surface area (Å²) in [6, 6.07) is 12.9. The minimum absolute atomic E-state index is 0.0324. The van der Waals surface area contributed by atoms with Gasteiger partial charge in [0.15, 0.2) is 0 Å². The molecule has 0 atom stereocenters. The van der Waals surface area contributed by atoms with Gasteiger partial charge in [-0.3, -0.25) is 14.9 Å². The van der Waals surface area contributed by atoms with Crippen molar-refractivity contribution in [3.05, 3.63) is 64.2 Å². The fraction of sp³-hybridized carbons (Fsp3) is 0. The Morgan fingerprint density at radius 1 is 1.06 bits per heavy atom. The lowest BCUT2D eigenvalue weighted by Gasteiger charge is -2.02. The number of nitrogens with zero attached hydrogens (tertiary/aromatic N) is 1. The molecule has 0 bridgehead atoms. The highest BCUT2D eigenvalue weighted by molar-refractivity contribution is 6.67. The predicted molar refractivity (Wildman–Crippen MR) is 68.7 cm³/mol. The van der Waals surface area contributed by atoms with Gasteiger partial charge in [0, 0.05) is 17.7 Å². The summed E-state index contributed by atoms with van der Waals surface area (Å²) in [5, 5.41) is 10.1. The lowest BCUT2D eigenvalue weighted by molar-refractivity contribution is -0.384. The van der Waals surface area contributed by atoms with Gasteiger partial charge < -0.3 is 0 Å². The second kappa shape index (κ2) is 4.98. The third-order valence-electron chi connectivity index (χ3n) is 2.50. The van der Waals surface area contributed by atoms with E-state index in [2.05, 4.69) is 0 Å². The molecule has 0 saturated carbocycles. The van der Waals surface area contributed by atoms with Crippen molar-refractivity contribution in [3.8, 4) is 11.1 Å². The van der Waals surface area contributed by atoms with Crippen LogP contribution in [0.5, 0.6) is 0 Å². The van der Waals surface area contributed by atoms with Crippen molar-refractivity contribution in [3.63, 3.8) is 0 Å². The number of hydrogen-bond donors (Lipinski definition) is 0. The summed E-state index contributed by atoms with van der Waals surface area (Å²) in [5.41, 5.74) is 1.94. The maximum atomic E-state index is 10.9. The van der Waals surface area contributed by atoms with Crippen LogP contribution >= 0.6 is 11.6 Å². The molecule has 0 spiro atoms. The Bertz CT molecular complexity index is 608. The first kappa shape index (κ1) is 12.3. The molecule has 0 N–H and O–H groups in total. The summed E-state index contributed by atoms with van der Waals surface area (Å²) >= 11 is 5.34. The van der Waals surface area contributed by atoms with E-state index in [0.29, 0.717) is 5.56 Å². The summed E-state index contributed by atoms with van der Waals surface area (Å²) in [6.07, 6.45) is 0. The molecular weight excluding hydrogens is 254 g/mol. The van der Waals surface area contributed by atoms with Crippen molar-refractivity contribution in [1.82, 2.24) is 0 Å². The highest BCUT2D eigenvalue weighted by Gasteiger charge is 2.07. The number of nitro benzene ring substituents is 1. The zero-order valence-corrected chi connectivity index (χ0v) is 9.92. The van der Waals surface area contributed by atoms with Gasteiger partial charge in [0.1, 0.15) is 0 Å². The highest BCUT2D eigenvalue weighted by atomic mass is 35.5. The minimum Gasteiger partial charge on any atom is -0.276 e. The van der Waals surface area contributed by atoms with E-state index in [1.165, 1.54) is 12.1 Å². The Labute approximate surface area is 108 Å². The second-order valence-corrected chi connectivity index (χ2v) is 4.00. The summed E-state index contributed by atoms with van der Waals surface area (Å²) in [7, 11) is 0. The zero-order chi connectivity index (χ0) is 13.1. The predicted octanol–water partition coefficient (Wildman–Crippen LogP) is 3.64. The molecule has 2 aromatic rings. The maximum Gasteiger partial charge on any atom is 0.270 e. The van der Waals surface area contributed by atoms with E-state index in [1.54, 1.807) is 36.4 Å². The molecule has 0 saturated heterocycles. The van der Waals surface area contributed by atoms with Crippen LogP contribution in [0, 0.1) is 10.1 Å². The molecule has 0 fully saturated rings. The number of benzene rings is 2. The number of carbonyl (C=O) groups excluding carboxylic acids is 1. The fourth-order valence-corrected chi connectivity index (χ4v) is 1.72. The zero-order valence-electron chi connectivity index (χ0n) is 9.17. The number of carbonyl (C=O) groups is 1. The van der Waals surface area contributed by atoms with Crippen molar-refractivity contribution in [2.24, 2.45) is 0 Å². The van der Waals surface area contributed by atoms with Gasteiger partial charge in [-0.25, -0.2) is 0 Å². The van der Waals surface area contributed by atoms with E-state index in [4.69, 9.17) is 11.6 Å². The first-order valence-electron chi connectivity index (χ1n) is 5.12. The normalized spacial score (nSPS) is 10.1. The Balaban J connectivity index is 2.39. The minimum atomic E-state index is -0.527. The number of hydrogen-bond acceptors (Lipinski definition) is 3. The molecule has 0 unspecified atom stereocenters. The largest absolute Gasteiger partial charge is 0.276 e. The van der Waals surface area contributed by atoms with Crippen LogP contribution in [0.15, 0.2) is 48.5 Å². The fourth-order valence-electron chi connectivity index (χ4n) is 1.59. The molecule has 0 amide bonds. The monoisotopic (exact) mass is 261 g/mol. The Hall–Kier alpha value is -2.20. The third kappa shape index (κ3) is 2.55. The van der Waals surface area contributed by atoms with E-state index >= 15 is 0 Å². The van der Waals surface area contributed by atoms with Gasteiger partial charge in [-0.15, -0.1) is 0 Å². The first-order valence-corrected chi connectivity index (χ1v) is 5.50. The molecule has 18 heavy (non-hydrogen) atoms. The van der Waals surface area contributed by atoms with Crippen LogP contribution in [0.3, 0.4) is 0 Å². The summed E-state index contributed by atoms with van der Waals surface area (Å²) in [5.74, 6) is 0. The average Bonchev–Trinajstić information content (AvgIpc) is 2.39. The molecule has 90 valence electrons. The number of rotatable bonds is 3. The van der Waals surface area contributed by atoms with E-state index in [9.17, 15) is 14.9 Å². The van der Waals surface area contributed by atoms with Gasteiger partial charge in [0.2, 0.25) is 0 Å². The molecule has 0 aromatic heterocycles. The van der Waals surface area contributed by atoms with Crippen LogP contribution in [0.2, 0.25) is 0 Å². The highest BCUT2D eigenvalue weighted by Crippen LogP contribution is 2.24. The van der Waals surface area contributed by atoms with Crippen LogP contribution in [-0.4, -0.2) is 10.2 Å². The molecule has 0 aliphatic rings. The van der Waals surface area contributed by atoms with Gasteiger partial charge in [-0.05, 0) is 34.9 Å². The van der Waals surface area contributed by atoms with Gasteiger partial charge in [-0.2, -0.15) is 0 Å². The number of halogens is 1. The summed E-state index contributed by atoms with van der Waals surface area (Å²) in [6.45, 7) is 0. The quantitative estimate of drug-likeness (QED) is 0.481. The van der Waals surface area contributed by atoms with Gasteiger partial charge >= 0.3 is 0 Å². The average molecular weight is 262 g/mol. The Morgan fingerprint density at radius 2 is 1.72 bits per heavy atom. The molecular formula is C13H8ClNO3. The molecule has 0 radical (unpaired) electrons. The van der Waals surface area contributed by atoms with Crippen molar-refractivity contribution in [2.45, 2.75) is 0 Å².